The molecule has 0 radical (unpaired) electrons. The Morgan fingerprint density at radius 3 is 2.32 bits per heavy atom. The molecule has 3 nitrogen and oxygen atoms in total. The Morgan fingerprint density at radius 2 is 1.52 bits per heavy atom. The van der Waals surface area contributed by atoms with Gasteiger partial charge >= 0.3 is 0 Å². The number of halogens is 1. The van der Waals surface area contributed by atoms with E-state index in [1.807, 2.05) is 30.3 Å². The van der Waals surface area contributed by atoms with Crippen LogP contribution in [0.1, 0.15) is 44.6 Å². The van der Waals surface area contributed by atoms with Crippen LogP contribution >= 0.6 is 11.6 Å². The molecule has 0 saturated heterocycles. The predicted octanol–water partition coefficient (Wildman–Crippen LogP) is 5.19. The standard InChI is InChI=1S/C21H20ClN3/c1-20(2)15-11-7-5-9-13(15)17(25-21(20,3)4)19-23-16-12-8-6-10-14(16)18(22)24-19/h5-12H,1-4H3. The average Bonchev–Trinajstić information content (AvgIpc) is 2.58. The lowest BCUT2D eigenvalue weighted by Gasteiger charge is -2.44. The number of hydrogen-bond acceptors (Lipinski definition) is 3. The molecule has 0 atom stereocenters. The molecular formula is C21H20ClN3. The second-order valence-corrected chi connectivity index (χ2v) is 7.90. The third kappa shape index (κ3) is 2.37. The van der Waals surface area contributed by atoms with Crippen molar-refractivity contribution in [2.24, 2.45) is 4.99 Å². The van der Waals surface area contributed by atoms with Crippen LogP contribution < -0.4 is 0 Å². The van der Waals surface area contributed by atoms with Crippen molar-refractivity contribution in [3.63, 3.8) is 0 Å². The maximum Gasteiger partial charge on any atom is 0.180 e. The number of benzene rings is 2. The first-order valence-corrected chi connectivity index (χ1v) is 8.81. The fraction of sp³-hybridized carbons (Fsp3) is 0.286. The Morgan fingerprint density at radius 1 is 0.840 bits per heavy atom. The van der Waals surface area contributed by atoms with Gasteiger partial charge in [-0.05, 0) is 31.5 Å². The molecule has 0 aliphatic carbocycles. The van der Waals surface area contributed by atoms with Crippen molar-refractivity contribution in [2.45, 2.75) is 38.6 Å². The van der Waals surface area contributed by atoms with E-state index in [4.69, 9.17) is 21.6 Å². The highest BCUT2D eigenvalue weighted by molar-refractivity contribution is 6.34. The van der Waals surface area contributed by atoms with Gasteiger partial charge < -0.3 is 0 Å². The average molecular weight is 350 g/mol. The van der Waals surface area contributed by atoms with Gasteiger partial charge in [-0.15, -0.1) is 0 Å². The molecule has 2 heterocycles. The van der Waals surface area contributed by atoms with Crippen molar-refractivity contribution in [2.75, 3.05) is 0 Å². The zero-order valence-corrected chi connectivity index (χ0v) is 15.6. The zero-order chi connectivity index (χ0) is 17.8. The second-order valence-electron chi connectivity index (χ2n) is 7.55. The monoisotopic (exact) mass is 349 g/mol. The van der Waals surface area contributed by atoms with Crippen LogP contribution in [0.4, 0.5) is 0 Å². The molecule has 1 aliphatic rings. The third-order valence-electron chi connectivity index (χ3n) is 5.54. The molecule has 0 unspecified atom stereocenters. The topological polar surface area (TPSA) is 38.1 Å². The van der Waals surface area contributed by atoms with Crippen molar-refractivity contribution in [1.29, 1.82) is 0 Å². The summed E-state index contributed by atoms with van der Waals surface area (Å²) in [5.74, 6) is 0.583. The number of fused-ring (bicyclic) bond motifs is 2. The normalized spacial score (nSPS) is 17.9. The van der Waals surface area contributed by atoms with Crippen LogP contribution in [0.25, 0.3) is 10.9 Å². The first-order chi connectivity index (χ1) is 11.8. The van der Waals surface area contributed by atoms with Crippen LogP contribution in [0.5, 0.6) is 0 Å². The minimum absolute atomic E-state index is 0.0895. The Hall–Kier alpha value is -2.26. The van der Waals surface area contributed by atoms with Gasteiger partial charge in [-0.2, -0.15) is 0 Å². The Labute approximate surface area is 152 Å². The van der Waals surface area contributed by atoms with E-state index in [0.717, 1.165) is 22.2 Å². The molecule has 1 aromatic heterocycles. The summed E-state index contributed by atoms with van der Waals surface area (Å²) in [6, 6.07) is 16.2. The molecule has 0 bridgehead atoms. The molecule has 126 valence electrons. The summed E-state index contributed by atoms with van der Waals surface area (Å²) in [4.78, 5) is 14.4. The largest absolute Gasteiger partial charge is 0.274 e. The molecular weight excluding hydrogens is 330 g/mol. The summed E-state index contributed by atoms with van der Waals surface area (Å²) in [5.41, 5.74) is 3.62. The van der Waals surface area contributed by atoms with Gasteiger partial charge in [-0.3, -0.25) is 4.99 Å². The number of aromatic nitrogens is 2. The lowest BCUT2D eigenvalue weighted by molar-refractivity contribution is 0.303. The van der Waals surface area contributed by atoms with Crippen LogP contribution in [-0.4, -0.2) is 21.2 Å². The van der Waals surface area contributed by atoms with Crippen molar-refractivity contribution >= 4 is 28.2 Å². The highest BCUT2D eigenvalue weighted by Crippen LogP contribution is 2.43. The number of nitrogens with zero attached hydrogens (tertiary/aromatic N) is 3. The number of para-hydroxylation sites is 1. The molecule has 2 aromatic carbocycles. The number of rotatable bonds is 1. The summed E-state index contributed by atoms with van der Waals surface area (Å²) >= 11 is 6.43. The van der Waals surface area contributed by atoms with Gasteiger partial charge in [-0.25, -0.2) is 9.97 Å². The van der Waals surface area contributed by atoms with Gasteiger partial charge in [0.15, 0.2) is 5.82 Å². The first kappa shape index (κ1) is 16.2. The lowest BCUT2D eigenvalue weighted by Crippen LogP contribution is -2.46. The van der Waals surface area contributed by atoms with E-state index in [0.29, 0.717) is 11.0 Å². The third-order valence-corrected chi connectivity index (χ3v) is 5.83. The van der Waals surface area contributed by atoms with Crippen LogP contribution in [0.15, 0.2) is 53.5 Å². The zero-order valence-electron chi connectivity index (χ0n) is 14.8. The van der Waals surface area contributed by atoms with Crippen molar-refractivity contribution in [3.8, 4) is 0 Å². The molecule has 0 saturated carbocycles. The van der Waals surface area contributed by atoms with Crippen molar-refractivity contribution in [1.82, 2.24) is 9.97 Å². The van der Waals surface area contributed by atoms with Crippen molar-refractivity contribution in [3.05, 3.63) is 70.6 Å². The number of hydrogen-bond donors (Lipinski definition) is 0. The summed E-state index contributed by atoms with van der Waals surface area (Å²) in [5, 5.41) is 1.32. The molecule has 0 spiro atoms. The van der Waals surface area contributed by atoms with Gasteiger partial charge in [0.05, 0.1) is 11.1 Å². The van der Waals surface area contributed by atoms with E-state index < -0.39 is 0 Å². The van der Waals surface area contributed by atoms with Gasteiger partial charge in [0.2, 0.25) is 0 Å². The minimum Gasteiger partial charge on any atom is -0.274 e. The van der Waals surface area contributed by atoms with E-state index in [2.05, 4.69) is 50.9 Å². The fourth-order valence-corrected chi connectivity index (χ4v) is 3.60. The van der Waals surface area contributed by atoms with Gasteiger partial charge in [-0.1, -0.05) is 61.8 Å². The Balaban J connectivity index is 2.01. The van der Waals surface area contributed by atoms with E-state index in [-0.39, 0.29) is 11.0 Å². The van der Waals surface area contributed by atoms with E-state index in [1.54, 1.807) is 0 Å². The van der Waals surface area contributed by atoms with Gasteiger partial charge in [0, 0.05) is 16.4 Å². The molecule has 0 amide bonds. The quantitative estimate of drug-likeness (QED) is 0.567. The summed E-state index contributed by atoms with van der Waals surface area (Å²) in [7, 11) is 0. The molecule has 25 heavy (non-hydrogen) atoms. The molecule has 4 rings (SSSR count). The maximum absolute atomic E-state index is 6.43. The second kappa shape index (κ2) is 5.37. The Bertz CT molecular complexity index is 1020. The smallest absolute Gasteiger partial charge is 0.180 e. The first-order valence-electron chi connectivity index (χ1n) is 8.44. The minimum atomic E-state index is -0.280. The summed E-state index contributed by atoms with van der Waals surface area (Å²) in [6.07, 6.45) is 0. The van der Waals surface area contributed by atoms with Crippen molar-refractivity contribution < 1.29 is 0 Å². The van der Waals surface area contributed by atoms with Crippen LogP contribution in [0.3, 0.4) is 0 Å². The molecule has 4 heteroatoms. The van der Waals surface area contributed by atoms with Crippen LogP contribution in [0.2, 0.25) is 5.15 Å². The van der Waals surface area contributed by atoms with Crippen LogP contribution in [-0.2, 0) is 5.41 Å². The number of aliphatic imine (C=N–C) groups is 1. The molecule has 0 fully saturated rings. The maximum atomic E-state index is 6.43. The predicted molar refractivity (Wildman–Crippen MR) is 104 cm³/mol. The SMILES string of the molecule is CC1(C)N=C(c2nc(Cl)c3ccccc3n2)c2ccccc2C1(C)C. The van der Waals surface area contributed by atoms with E-state index in [1.165, 1.54) is 5.56 Å². The summed E-state index contributed by atoms with van der Waals surface area (Å²) in [6.45, 7) is 8.79. The molecule has 3 aromatic rings. The lowest BCUT2D eigenvalue weighted by atomic mass is 9.66. The molecule has 1 aliphatic heterocycles. The highest BCUT2D eigenvalue weighted by atomic mass is 35.5. The van der Waals surface area contributed by atoms with Gasteiger partial charge in [0.25, 0.3) is 0 Å². The highest BCUT2D eigenvalue weighted by Gasteiger charge is 2.44. The summed E-state index contributed by atoms with van der Waals surface area (Å²) < 4.78 is 0. The Kier molecular flexibility index (Phi) is 3.48. The van der Waals surface area contributed by atoms with E-state index in [9.17, 15) is 0 Å². The van der Waals surface area contributed by atoms with Gasteiger partial charge in [0.1, 0.15) is 10.9 Å². The van der Waals surface area contributed by atoms with Crippen LogP contribution in [0, 0.1) is 0 Å². The van der Waals surface area contributed by atoms with E-state index >= 15 is 0 Å². The fourth-order valence-electron chi connectivity index (χ4n) is 3.36. The molecule has 0 N–H and O–H groups in total.